The molecule has 4 fully saturated rings. The van der Waals surface area contributed by atoms with Gasteiger partial charge in [-0.3, -0.25) is 4.55 Å². The zero-order valence-corrected chi connectivity index (χ0v) is 12.5. The maximum atomic E-state index is 14.8. The van der Waals surface area contributed by atoms with Gasteiger partial charge in [0, 0.05) is 6.04 Å². The lowest BCUT2D eigenvalue weighted by molar-refractivity contribution is -0.128. The molecule has 0 radical (unpaired) electrons. The van der Waals surface area contributed by atoms with Crippen LogP contribution in [0.3, 0.4) is 0 Å². The molecular weight excluding hydrogens is 281 g/mol. The van der Waals surface area contributed by atoms with Gasteiger partial charge in [-0.2, -0.15) is 8.42 Å². The van der Waals surface area contributed by atoms with E-state index in [2.05, 4.69) is 0 Å². The molecule has 20 heavy (non-hydrogen) atoms. The highest BCUT2D eigenvalue weighted by atomic mass is 32.2. The molecule has 4 nitrogen and oxygen atoms in total. The Morgan fingerprint density at radius 3 is 2.35 bits per heavy atom. The van der Waals surface area contributed by atoms with Crippen LogP contribution < -0.4 is 5.73 Å². The molecule has 116 valence electrons. The Morgan fingerprint density at radius 1 is 1.25 bits per heavy atom. The molecule has 4 rings (SSSR count). The van der Waals surface area contributed by atoms with E-state index >= 15 is 0 Å². The fourth-order valence-electron chi connectivity index (χ4n) is 5.53. The zero-order valence-electron chi connectivity index (χ0n) is 11.7. The van der Waals surface area contributed by atoms with E-state index in [1.54, 1.807) is 0 Å². The van der Waals surface area contributed by atoms with Crippen molar-refractivity contribution in [2.45, 2.75) is 63.1 Å². The molecule has 4 aliphatic rings. The molecule has 0 heterocycles. The molecule has 3 unspecified atom stereocenters. The van der Waals surface area contributed by atoms with Crippen molar-refractivity contribution < 1.29 is 17.4 Å². The summed E-state index contributed by atoms with van der Waals surface area (Å²) in [6, 6.07) is -0.267. The van der Waals surface area contributed by atoms with Crippen molar-refractivity contribution in [1.82, 2.24) is 0 Å². The number of hydrogen-bond donors (Lipinski definition) is 2. The van der Waals surface area contributed by atoms with E-state index in [-0.39, 0.29) is 23.6 Å². The van der Waals surface area contributed by atoms with E-state index in [0.717, 1.165) is 19.3 Å². The minimum Gasteiger partial charge on any atom is -0.328 e. The van der Waals surface area contributed by atoms with Gasteiger partial charge in [-0.1, -0.05) is 0 Å². The first-order valence-electron chi connectivity index (χ1n) is 7.57. The van der Waals surface area contributed by atoms with E-state index in [1.165, 1.54) is 0 Å². The maximum absolute atomic E-state index is 14.8. The summed E-state index contributed by atoms with van der Waals surface area (Å²) < 4.78 is 45.2. The maximum Gasteiger partial charge on any atom is 0.264 e. The Morgan fingerprint density at radius 2 is 1.85 bits per heavy atom. The summed E-state index contributed by atoms with van der Waals surface area (Å²) in [5.74, 6) is 0.697. The van der Waals surface area contributed by atoms with Crippen molar-refractivity contribution in [3.8, 4) is 0 Å². The lowest BCUT2D eigenvalue weighted by atomic mass is 9.47. The van der Waals surface area contributed by atoms with Gasteiger partial charge in [0.05, 0.1) is 5.75 Å². The van der Waals surface area contributed by atoms with Crippen molar-refractivity contribution in [1.29, 1.82) is 0 Å². The van der Waals surface area contributed by atoms with Crippen LogP contribution in [0.4, 0.5) is 4.39 Å². The lowest BCUT2D eigenvalue weighted by Gasteiger charge is -2.59. The summed E-state index contributed by atoms with van der Waals surface area (Å²) in [5.41, 5.74) is 5.04. The minimum absolute atomic E-state index is 0.0164. The first-order chi connectivity index (χ1) is 9.17. The molecule has 4 bridgehead atoms. The largest absolute Gasteiger partial charge is 0.328 e. The van der Waals surface area contributed by atoms with E-state index in [4.69, 9.17) is 10.3 Å². The lowest BCUT2D eigenvalue weighted by Crippen LogP contribution is -2.54. The number of hydrogen-bond acceptors (Lipinski definition) is 3. The van der Waals surface area contributed by atoms with Gasteiger partial charge in [-0.25, -0.2) is 4.39 Å². The third kappa shape index (κ3) is 3.02. The number of alkyl halides is 1. The second-order valence-electron chi connectivity index (χ2n) is 7.65. The van der Waals surface area contributed by atoms with Crippen LogP contribution in [0.1, 0.15) is 51.4 Å². The summed E-state index contributed by atoms with van der Waals surface area (Å²) in [6.07, 6.45) is 6.25. The SMILES string of the molecule is NC(CCS(=O)(=O)O)CC12C[C@@H]3C[C@@H](CC(F)(C3)C1)C2. The molecule has 4 saturated carbocycles. The molecule has 0 spiro atoms. The van der Waals surface area contributed by atoms with Crippen LogP contribution in [-0.2, 0) is 10.1 Å². The summed E-state index contributed by atoms with van der Waals surface area (Å²) in [6.45, 7) is 0. The second kappa shape index (κ2) is 4.65. The Kier molecular flexibility index (Phi) is 3.42. The normalized spacial score (nSPS) is 44.8. The van der Waals surface area contributed by atoms with Crippen molar-refractivity contribution >= 4 is 10.1 Å². The summed E-state index contributed by atoms with van der Waals surface area (Å²) >= 11 is 0. The third-order valence-electron chi connectivity index (χ3n) is 5.55. The molecule has 0 aromatic carbocycles. The summed E-state index contributed by atoms with van der Waals surface area (Å²) in [5, 5.41) is 0. The molecule has 0 aliphatic heterocycles. The van der Waals surface area contributed by atoms with Gasteiger partial charge in [-0.15, -0.1) is 0 Å². The van der Waals surface area contributed by atoms with Crippen LogP contribution in [0.25, 0.3) is 0 Å². The second-order valence-corrected chi connectivity index (χ2v) is 9.22. The third-order valence-corrected chi connectivity index (χ3v) is 6.30. The summed E-state index contributed by atoms with van der Waals surface area (Å²) in [7, 11) is -3.95. The van der Waals surface area contributed by atoms with Gasteiger partial charge in [-0.05, 0) is 68.6 Å². The quantitative estimate of drug-likeness (QED) is 0.764. The van der Waals surface area contributed by atoms with Crippen LogP contribution in [0.15, 0.2) is 0 Å². The molecule has 5 atom stereocenters. The van der Waals surface area contributed by atoms with Crippen molar-refractivity contribution in [2.75, 3.05) is 5.75 Å². The minimum atomic E-state index is -3.95. The number of rotatable bonds is 5. The van der Waals surface area contributed by atoms with Gasteiger partial charge >= 0.3 is 0 Å². The predicted molar refractivity (Wildman–Crippen MR) is 74.6 cm³/mol. The molecule has 0 saturated heterocycles. The molecular formula is C14H24FNO3S. The Bertz CT molecular complexity index is 479. The van der Waals surface area contributed by atoms with E-state index in [9.17, 15) is 12.8 Å². The Balaban J connectivity index is 1.65. The number of nitrogens with two attached hydrogens (primary N) is 1. The van der Waals surface area contributed by atoms with Gasteiger partial charge in [0.25, 0.3) is 10.1 Å². The van der Waals surface area contributed by atoms with Gasteiger partial charge in [0.1, 0.15) is 5.67 Å². The van der Waals surface area contributed by atoms with Gasteiger partial charge in [0.2, 0.25) is 0 Å². The van der Waals surface area contributed by atoms with E-state index in [0.29, 0.717) is 37.5 Å². The molecule has 3 N–H and O–H groups in total. The van der Waals surface area contributed by atoms with Gasteiger partial charge < -0.3 is 5.73 Å². The zero-order chi connectivity index (χ0) is 14.6. The van der Waals surface area contributed by atoms with E-state index < -0.39 is 15.8 Å². The molecule has 0 aromatic heterocycles. The van der Waals surface area contributed by atoms with Crippen LogP contribution in [-0.4, -0.2) is 30.4 Å². The Hall–Kier alpha value is -0.200. The Labute approximate surface area is 120 Å². The van der Waals surface area contributed by atoms with Crippen LogP contribution >= 0.6 is 0 Å². The van der Waals surface area contributed by atoms with Gasteiger partial charge in [0.15, 0.2) is 0 Å². The van der Waals surface area contributed by atoms with E-state index in [1.807, 2.05) is 0 Å². The molecule has 0 amide bonds. The number of halogens is 1. The first-order valence-corrected chi connectivity index (χ1v) is 9.18. The van der Waals surface area contributed by atoms with Crippen molar-refractivity contribution in [3.05, 3.63) is 0 Å². The highest BCUT2D eigenvalue weighted by Crippen LogP contribution is 2.64. The fourth-order valence-corrected chi connectivity index (χ4v) is 6.13. The first kappa shape index (κ1) is 14.7. The van der Waals surface area contributed by atoms with Crippen molar-refractivity contribution in [3.63, 3.8) is 0 Å². The standard InChI is InChI=1S/C14H24FNO3S/c15-14-6-10-3-11(7-14)5-13(4-10,9-14)8-12(16)1-2-20(17,18)19/h10-12H,1-9,16H2,(H,17,18,19)/t10-,11+,12?,13?,14?. The van der Waals surface area contributed by atoms with Crippen LogP contribution in [0, 0.1) is 17.3 Å². The molecule has 4 aliphatic carbocycles. The fraction of sp³-hybridized carbons (Fsp3) is 1.00. The van der Waals surface area contributed by atoms with Crippen LogP contribution in [0.2, 0.25) is 0 Å². The van der Waals surface area contributed by atoms with Crippen LogP contribution in [0.5, 0.6) is 0 Å². The molecule has 6 heteroatoms. The smallest absolute Gasteiger partial charge is 0.264 e. The average molecular weight is 305 g/mol. The highest BCUT2D eigenvalue weighted by Gasteiger charge is 2.58. The topological polar surface area (TPSA) is 80.4 Å². The van der Waals surface area contributed by atoms with Crippen molar-refractivity contribution in [2.24, 2.45) is 23.0 Å². The highest BCUT2D eigenvalue weighted by molar-refractivity contribution is 7.85. The monoisotopic (exact) mass is 305 g/mol. The molecule has 0 aromatic rings. The predicted octanol–water partition coefficient (Wildman–Crippen LogP) is 2.29. The summed E-state index contributed by atoms with van der Waals surface area (Å²) in [4.78, 5) is 0. The average Bonchev–Trinajstić information content (AvgIpc) is 2.21.